The van der Waals surface area contributed by atoms with Gasteiger partial charge in [-0.15, -0.1) is 0 Å². The Balaban J connectivity index is 1.63. The Bertz CT molecular complexity index is 972. The van der Waals surface area contributed by atoms with Crippen LogP contribution in [0.2, 0.25) is 0 Å². The molecule has 0 bridgehead atoms. The van der Waals surface area contributed by atoms with Gasteiger partial charge in [-0.3, -0.25) is 19.5 Å². The number of aromatic nitrogens is 1. The number of rotatable bonds is 6. The molecule has 0 spiro atoms. The highest BCUT2D eigenvalue weighted by Crippen LogP contribution is 2.31. The molecular weight excluding hydrogens is 388 g/mol. The molecule has 2 heterocycles. The Morgan fingerprint density at radius 2 is 1.58 bits per heavy atom. The number of primary amides is 1. The van der Waals surface area contributed by atoms with Crippen LogP contribution < -0.4 is 5.73 Å². The summed E-state index contributed by atoms with van der Waals surface area (Å²) in [5.41, 5.74) is 8.44. The first-order chi connectivity index (χ1) is 15.1. The van der Waals surface area contributed by atoms with E-state index in [0.717, 1.165) is 0 Å². The summed E-state index contributed by atoms with van der Waals surface area (Å²) < 4.78 is 0. The molecule has 0 unspecified atom stereocenters. The number of amides is 2. The van der Waals surface area contributed by atoms with Crippen molar-refractivity contribution in [3.63, 3.8) is 0 Å². The van der Waals surface area contributed by atoms with Gasteiger partial charge in [0.15, 0.2) is 0 Å². The minimum absolute atomic E-state index is 0.0356. The smallest absolute Gasteiger partial charge is 0.255 e. The highest BCUT2D eigenvalue weighted by molar-refractivity contribution is 5.94. The highest BCUT2D eigenvalue weighted by Gasteiger charge is 2.35. The molecule has 0 radical (unpaired) electrons. The van der Waals surface area contributed by atoms with E-state index >= 15 is 0 Å². The SMILES string of the molecule is NC(=O)C[C@H]1CN(C(c2ccccc2)c2ccccc2)CCN1C(=O)c1cccnc1. The molecule has 0 aliphatic carbocycles. The van der Waals surface area contributed by atoms with Crippen LogP contribution in [0.25, 0.3) is 0 Å². The lowest BCUT2D eigenvalue weighted by Crippen LogP contribution is -2.56. The van der Waals surface area contributed by atoms with Gasteiger partial charge < -0.3 is 10.6 Å². The fraction of sp³-hybridized carbons (Fsp3) is 0.240. The second kappa shape index (κ2) is 9.53. The van der Waals surface area contributed by atoms with Crippen LogP contribution in [0.4, 0.5) is 0 Å². The van der Waals surface area contributed by atoms with E-state index in [9.17, 15) is 9.59 Å². The van der Waals surface area contributed by atoms with Gasteiger partial charge in [0.2, 0.25) is 5.91 Å². The van der Waals surface area contributed by atoms with Crippen molar-refractivity contribution in [2.75, 3.05) is 19.6 Å². The third kappa shape index (κ3) is 4.81. The Labute approximate surface area is 182 Å². The van der Waals surface area contributed by atoms with Crippen LogP contribution in [0, 0.1) is 0 Å². The standard InChI is InChI=1S/C25H26N4O2/c26-23(30)16-22-18-28(14-15-29(22)25(31)21-12-7-13-27-17-21)24(19-8-3-1-4-9-19)20-10-5-2-6-11-20/h1-13,17,22,24H,14-16,18H2,(H2,26,30)/t22-/m0/s1. The maximum Gasteiger partial charge on any atom is 0.255 e. The van der Waals surface area contributed by atoms with Crippen molar-refractivity contribution in [2.24, 2.45) is 5.73 Å². The normalized spacial score (nSPS) is 16.9. The number of benzene rings is 2. The summed E-state index contributed by atoms with van der Waals surface area (Å²) in [5, 5.41) is 0. The van der Waals surface area contributed by atoms with Gasteiger partial charge in [-0.05, 0) is 23.3 Å². The topological polar surface area (TPSA) is 79.5 Å². The van der Waals surface area contributed by atoms with Crippen LogP contribution in [0.1, 0.15) is 33.9 Å². The average Bonchev–Trinajstić information content (AvgIpc) is 2.81. The van der Waals surface area contributed by atoms with Crippen molar-refractivity contribution >= 4 is 11.8 Å². The fourth-order valence-corrected chi connectivity index (χ4v) is 4.33. The van der Waals surface area contributed by atoms with Crippen LogP contribution in [0.3, 0.4) is 0 Å². The van der Waals surface area contributed by atoms with E-state index in [4.69, 9.17) is 5.73 Å². The molecule has 2 N–H and O–H groups in total. The van der Waals surface area contributed by atoms with Crippen LogP contribution in [0.15, 0.2) is 85.2 Å². The summed E-state index contributed by atoms with van der Waals surface area (Å²) in [5.74, 6) is -0.526. The molecule has 2 amide bonds. The molecule has 158 valence electrons. The van der Waals surface area contributed by atoms with Crippen LogP contribution >= 0.6 is 0 Å². The quantitative estimate of drug-likeness (QED) is 0.673. The molecule has 1 fully saturated rings. The molecule has 1 aliphatic heterocycles. The summed E-state index contributed by atoms with van der Waals surface area (Å²) in [6.07, 6.45) is 3.32. The van der Waals surface area contributed by atoms with E-state index < -0.39 is 5.91 Å². The summed E-state index contributed by atoms with van der Waals surface area (Å²) in [6, 6.07) is 23.9. The third-order valence-corrected chi connectivity index (χ3v) is 5.72. The summed E-state index contributed by atoms with van der Waals surface area (Å²) in [4.78, 5) is 33.1. The van der Waals surface area contributed by atoms with Crippen LogP contribution in [-0.4, -0.2) is 52.3 Å². The number of nitrogens with zero attached hydrogens (tertiary/aromatic N) is 3. The second-order valence-corrected chi connectivity index (χ2v) is 7.78. The van der Waals surface area contributed by atoms with Gasteiger partial charge in [0.1, 0.15) is 0 Å². The number of carbonyl (C=O) groups is 2. The van der Waals surface area contributed by atoms with E-state index in [0.29, 0.717) is 25.2 Å². The monoisotopic (exact) mass is 414 g/mol. The van der Waals surface area contributed by atoms with E-state index in [1.165, 1.54) is 11.1 Å². The average molecular weight is 415 g/mol. The maximum absolute atomic E-state index is 13.1. The van der Waals surface area contributed by atoms with Crippen molar-refractivity contribution in [1.82, 2.24) is 14.8 Å². The van der Waals surface area contributed by atoms with Gasteiger partial charge in [0.05, 0.1) is 17.6 Å². The highest BCUT2D eigenvalue weighted by atomic mass is 16.2. The van der Waals surface area contributed by atoms with Gasteiger partial charge in [-0.25, -0.2) is 0 Å². The molecule has 3 aromatic rings. The molecule has 31 heavy (non-hydrogen) atoms. The zero-order valence-electron chi connectivity index (χ0n) is 17.3. The third-order valence-electron chi connectivity index (χ3n) is 5.72. The molecule has 6 nitrogen and oxygen atoms in total. The Hall–Kier alpha value is -3.51. The van der Waals surface area contributed by atoms with Crippen molar-refractivity contribution in [3.8, 4) is 0 Å². The number of pyridine rings is 1. The molecule has 1 saturated heterocycles. The molecule has 1 atom stereocenters. The molecule has 2 aromatic carbocycles. The molecule has 4 rings (SSSR count). The first-order valence-corrected chi connectivity index (χ1v) is 10.5. The second-order valence-electron chi connectivity index (χ2n) is 7.78. The lowest BCUT2D eigenvalue weighted by molar-refractivity contribution is -0.119. The molecule has 0 saturated carbocycles. The summed E-state index contributed by atoms with van der Waals surface area (Å²) in [6.45, 7) is 1.76. The predicted molar refractivity (Wildman–Crippen MR) is 119 cm³/mol. The summed E-state index contributed by atoms with van der Waals surface area (Å²) >= 11 is 0. The number of piperazine rings is 1. The van der Waals surface area contributed by atoms with E-state index in [1.807, 2.05) is 36.4 Å². The summed E-state index contributed by atoms with van der Waals surface area (Å²) in [7, 11) is 0. The maximum atomic E-state index is 13.1. The molecule has 1 aromatic heterocycles. The Morgan fingerprint density at radius 3 is 2.13 bits per heavy atom. The van der Waals surface area contributed by atoms with Gasteiger partial charge >= 0.3 is 0 Å². The first kappa shape index (κ1) is 20.8. The lowest BCUT2D eigenvalue weighted by atomic mass is 9.94. The first-order valence-electron chi connectivity index (χ1n) is 10.5. The number of hydrogen-bond acceptors (Lipinski definition) is 4. The zero-order valence-corrected chi connectivity index (χ0v) is 17.3. The van der Waals surface area contributed by atoms with Crippen molar-refractivity contribution in [3.05, 3.63) is 102 Å². The van der Waals surface area contributed by atoms with Crippen LogP contribution in [0.5, 0.6) is 0 Å². The minimum Gasteiger partial charge on any atom is -0.370 e. The lowest BCUT2D eigenvalue weighted by Gasteiger charge is -2.44. The number of nitrogens with two attached hydrogens (primary N) is 1. The van der Waals surface area contributed by atoms with Gasteiger partial charge in [0, 0.05) is 38.4 Å². The van der Waals surface area contributed by atoms with Crippen molar-refractivity contribution in [1.29, 1.82) is 0 Å². The number of hydrogen-bond donors (Lipinski definition) is 1. The number of carbonyl (C=O) groups excluding carboxylic acids is 2. The molecule has 1 aliphatic rings. The van der Waals surface area contributed by atoms with E-state index in [-0.39, 0.29) is 24.4 Å². The van der Waals surface area contributed by atoms with E-state index in [1.54, 1.807) is 29.4 Å². The van der Waals surface area contributed by atoms with Crippen LogP contribution in [-0.2, 0) is 4.79 Å². The Kier molecular flexibility index (Phi) is 6.38. The molecule has 6 heteroatoms. The molecular formula is C25H26N4O2. The van der Waals surface area contributed by atoms with Crippen molar-refractivity contribution < 1.29 is 9.59 Å². The largest absolute Gasteiger partial charge is 0.370 e. The van der Waals surface area contributed by atoms with Gasteiger partial charge in [-0.1, -0.05) is 60.7 Å². The zero-order chi connectivity index (χ0) is 21.6. The van der Waals surface area contributed by atoms with Gasteiger partial charge in [-0.2, -0.15) is 0 Å². The predicted octanol–water partition coefficient (Wildman–Crippen LogP) is 2.87. The fourth-order valence-electron chi connectivity index (χ4n) is 4.33. The van der Waals surface area contributed by atoms with Crippen molar-refractivity contribution in [2.45, 2.75) is 18.5 Å². The van der Waals surface area contributed by atoms with Gasteiger partial charge in [0.25, 0.3) is 5.91 Å². The van der Waals surface area contributed by atoms with E-state index in [2.05, 4.69) is 34.1 Å². The minimum atomic E-state index is -0.410. The Morgan fingerprint density at radius 1 is 0.935 bits per heavy atom.